The monoisotopic (exact) mass is 350 g/mol. The van der Waals surface area contributed by atoms with E-state index in [1.807, 2.05) is 0 Å². The predicted molar refractivity (Wildman–Crippen MR) is 68.3 cm³/mol. The minimum Gasteiger partial charge on any atom is -0.507 e. The maximum absolute atomic E-state index is 12.6. The van der Waals surface area contributed by atoms with Gasteiger partial charge in [-0.15, -0.1) is 0 Å². The summed E-state index contributed by atoms with van der Waals surface area (Å²) < 4.78 is 62.1. The molecule has 3 N–H and O–H groups in total. The highest BCUT2D eigenvalue weighted by atomic mass is 19.2. The van der Waals surface area contributed by atoms with E-state index >= 15 is 0 Å². The van der Waals surface area contributed by atoms with Gasteiger partial charge in [0.05, 0.1) is 0 Å². The SMILES string of the molecule is O=C(O)c1c(F)c(F)c(F)c(F)c1F.O=C(O)c1ccccc1O. The normalized spacial score (nSPS) is 9.88. The molecule has 0 unspecified atom stereocenters. The molecule has 24 heavy (non-hydrogen) atoms. The molecule has 0 atom stereocenters. The highest BCUT2D eigenvalue weighted by Crippen LogP contribution is 2.22. The Bertz CT molecular complexity index is 777. The number of aromatic carboxylic acids is 2. The van der Waals surface area contributed by atoms with Gasteiger partial charge in [-0.25, -0.2) is 31.5 Å². The Kier molecular flexibility index (Phi) is 5.82. The molecule has 0 heterocycles. The Labute approximate surface area is 130 Å². The molecule has 0 aliphatic rings. The molecule has 10 heteroatoms. The number of carboxylic acid groups (broad SMARTS) is 2. The molecule has 2 aromatic carbocycles. The molecular weight excluding hydrogens is 343 g/mol. The van der Waals surface area contributed by atoms with E-state index in [2.05, 4.69) is 0 Å². The Morgan fingerprint density at radius 2 is 1.12 bits per heavy atom. The van der Waals surface area contributed by atoms with Crippen LogP contribution in [0.25, 0.3) is 0 Å². The zero-order chi connectivity index (χ0) is 18.6. The zero-order valence-electron chi connectivity index (χ0n) is 11.4. The number of hydrogen-bond acceptors (Lipinski definition) is 3. The third-order valence-corrected chi connectivity index (χ3v) is 2.56. The number of carbonyl (C=O) groups is 2. The van der Waals surface area contributed by atoms with E-state index < -0.39 is 46.6 Å². The molecule has 2 rings (SSSR count). The molecule has 0 spiro atoms. The van der Waals surface area contributed by atoms with Crippen molar-refractivity contribution in [2.24, 2.45) is 0 Å². The summed E-state index contributed by atoms with van der Waals surface area (Å²) in [4.78, 5) is 20.4. The largest absolute Gasteiger partial charge is 0.507 e. The van der Waals surface area contributed by atoms with Crippen LogP contribution in [0.4, 0.5) is 22.0 Å². The minimum absolute atomic E-state index is 0.0671. The van der Waals surface area contributed by atoms with Gasteiger partial charge in [-0.1, -0.05) is 12.1 Å². The average Bonchev–Trinajstić information content (AvgIpc) is 2.51. The minimum atomic E-state index is -2.38. The Balaban J connectivity index is 0.000000254. The number of para-hydroxylation sites is 1. The summed E-state index contributed by atoms with van der Waals surface area (Å²) in [5.74, 6) is -15.2. The lowest BCUT2D eigenvalue weighted by atomic mass is 10.1. The number of hydrogen-bond donors (Lipinski definition) is 3. The molecule has 128 valence electrons. The van der Waals surface area contributed by atoms with Crippen LogP contribution in [-0.4, -0.2) is 27.3 Å². The molecule has 5 nitrogen and oxygen atoms in total. The van der Waals surface area contributed by atoms with Gasteiger partial charge in [0.1, 0.15) is 16.9 Å². The molecule has 0 saturated carbocycles. The molecule has 0 fully saturated rings. The summed E-state index contributed by atoms with van der Waals surface area (Å²) in [5.41, 5.74) is -1.93. The van der Waals surface area contributed by atoms with Crippen molar-refractivity contribution in [1.82, 2.24) is 0 Å². The smallest absolute Gasteiger partial charge is 0.341 e. The van der Waals surface area contributed by atoms with Gasteiger partial charge in [-0.3, -0.25) is 0 Å². The maximum Gasteiger partial charge on any atom is 0.341 e. The van der Waals surface area contributed by atoms with E-state index in [0.717, 1.165) is 0 Å². The van der Waals surface area contributed by atoms with Gasteiger partial charge in [-0.2, -0.15) is 0 Å². The standard InChI is InChI=1S/C7HF5O2.C7H6O3/c8-2-1(7(13)14)3(9)5(11)6(12)4(2)10;8-6-4-2-1-3-5(6)7(9)10/h(H,13,14);1-4,8H,(H,9,10). The first-order valence-corrected chi connectivity index (χ1v) is 5.85. The molecular formula is C14H7F5O5. The molecule has 2 aromatic rings. The summed E-state index contributed by atoms with van der Waals surface area (Å²) in [5, 5.41) is 25.5. The summed E-state index contributed by atoms with van der Waals surface area (Å²) in [6, 6.07) is 5.81. The van der Waals surface area contributed by atoms with Crippen LogP contribution in [0.15, 0.2) is 24.3 Å². The van der Waals surface area contributed by atoms with Crippen molar-refractivity contribution in [3.63, 3.8) is 0 Å². The van der Waals surface area contributed by atoms with E-state index in [1.165, 1.54) is 12.1 Å². The molecule has 0 aromatic heterocycles. The second kappa shape index (κ2) is 7.40. The quantitative estimate of drug-likeness (QED) is 0.439. The van der Waals surface area contributed by atoms with Crippen LogP contribution in [-0.2, 0) is 0 Å². The van der Waals surface area contributed by atoms with Crippen LogP contribution < -0.4 is 0 Å². The van der Waals surface area contributed by atoms with Gasteiger partial charge in [-0.05, 0) is 12.1 Å². The third-order valence-electron chi connectivity index (χ3n) is 2.56. The number of halogens is 5. The van der Waals surface area contributed by atoms with Crippen LogP contribution in [0.2, 0.25) is 0 Å². The summed E-state index contributed by atoms with van der Waals surface area (Å²) in [6.07, 6.45) is 0. The van der Waals surface area contributed by atoms with E-state index in [-0.39, 0.29) is 11.3 Å². The van der Waals surface area contributed by atoms with Crippen molar-refractivity contribution >= 4 is 11.9 Å². The van der Waals surface area contributed by atoms with Crippen molar-refractivity contribution in [2.75, 3.05) is 0 Å². The van der Waals surface area contributed by atoms with Gasteiger partial charge >= 0.3 is 11.9 Å². The second-order valence-corrected chi connectivity index (χ2v) is 4.07. The van der Waals surface area contributed by atoms with E-state index in [9.17, 15) is 31.5 Å². The van der Waals surface area contributed by atoms with E-state index in [4.69, 9.17) is 15.3 Å². The lowest BCUT2D eigenvalue weighted by Crippen LogP contribution is -2.11. The van der Waals surface area contributed by atoms with Crippen molar-refractivity contribution in [3.8, 4) is 5.75 Å². The molecule has 0 aliphatic heterocycles. The first-order valence-electron chi connectivity index (χ1n) is 5.85. The highest BCUT2D eigenvalue weighted by Gasteiger charge is 2.29. The lowest BCUT2D eigenvalue weighted by Gasteiger charge is -2.03. The van der Waals surface area contributed by atoms with Crippen LogP contribution in [0.3, 0.4) is 0 Å². The van der Waals surface area contributed by atoms with Crippen molar-refractivity contribution in [2.45, 2.75) is 0 Å². The van der Waals surface area contributed by atoms with Crippen molar-refractivity contribution < 1.29 is 46.9 Å². The van der Waals surface area contributed by atoms with Crippen LogP contribution in [0.1, 0.15) is 20.7 Å². The third kappa shape index (κ3) is 3.77. The summed E-state index contributed by atoms with van der Waals surface area (Å²) in [6.45, 7) is 0. The number of aromatic hydroxyl groups is 1. The average molecular weight is 350 g/mol. The van der Waals surface area contributed by atoms with Crippen LogP contribution in [0.5, 0.6) is 5.75 Å². The van der Waals surface area contributed by atoms with Gasteiger partial charge in [0.2, 0.25) is 5.82 Å². The molecule has 0 bridgehead atoms. The number of benzene rings is 2. The second-order valence-electron chi connectivity index (χ2n) is 4.07. The van der Waals surface area contributed by atoms with E-state index in [0.29, 0.717) is 0 Å². The van der Waals surface area contributed by atoms with Gasteiger partial charge in [0.15, 0.2) is 23.3 Å². The highest BCUT2D eigenvalue weighted by molar-refractivity contribution is 5.90. The first kappa shape index (κ1) is 18.9. The Morgan fingerprint density at radius 3 is 1.46 bits per heavy atom. The Morgan fingerprint density at radius 1 is 0.708 bits per heavy atom. The van der Waals surface area contributed by atoms with Gasteiger partial charge in [0, 0.05) is 0 Å². The number of carboxylic acids is 2. The predicted octanol–water partition coefficient (Wildman–Crippen LogP) is 3.17. The molecule has 0 radical (unpaired) electrons. The fraction of sp³-hybridized carbons (Fsp3) is 0. The Hall–Kier alpha value is -3.17. The van der Waals surface area contributed by atoms with Crippen LogP contribution in [0, 0.1) is 29.1 Å². The van der Waals surface area contributed by atoms with Crippen LogP contribution >= 0.6 is 0 Å². The fourth-order valence-corrected chi connectivity index (χ4v) is 1.45. The molecule has 0 amide bonds. The number of rotatable bonds is 2. The first-order chi connectivity index (χ1) is 11.1. The van der Waals surface area contributed by atoms with E-state index in [1.54, 1.807) is 12.1 Å². The maximum atomic E-state index is 12.6. The summed E-state index contributed by atoms with van der Waals surface area (Å²) >= 11 is 0. The van der Waals surface area contributed by atoms with Gasteiger partial charge in [0.25, 0.3) is 0 Å². The zero-order valence-corrected chi connectivity index (χ0v) is 11.4. The topological polar surface area (TPSA) is 94.8 Å². The molecule has 0 saturated heterocycles. The van der Waals surface area contributed by atoms with Gasteiger partial charge < -0.3 is 15.3 Å². The van der Waals surface area contributed by atoms with Crippen molar-refractivity contribution in [1.29, 1.82) is 0 Å². The fourth-order valence-electron chi connectivity index (χ4n) is 1.45. The lowest BCUT2D eigenvalue weighted by molar-refractivity contribution is 0.0675. The van der Waals surface area contributed by atoms with Crippen molar-refractivity contribution in [3.05, 3.63) is 64.5 Å². The summed E-state index contributed by atoms with van der Waals surface area (Å²) in [7, 11) is 0. The molecule has 0 aliphatic carbocycles. The number of phenols is 1.